The minimum absolute atomic E-state index is 0.119. The normalized spacial score (nSPS) is 16.2. The first-order valence-electron chi connectivity index (χ1n) is 28.2. The Labute approximate surface area is 480 Å². The van der Waals surface area contributed by atoms with Gasteiger partial charge in [0.25, 0.3) is 0 Å². The number of anilines is 1. The summed E-state index contributed by atoms with van der Waals surface area (Å²) in [4.78, 5) is 2.35. The van der Waals surface area contributed by atoms with E-state index in [9.17, 15) is 10.5 Å². The van der Waals surface area contributed by atoms with Crippen LogP contribution in [0.4, 0.5) is 5.69 Å². The molecule has 2 unspecified atom stereocenters. The molecule has 0 spiro atoms. The number of allylic oxidation sites excluding steroid dienone is 9. The van der Waals surface area contributed by atoms with Crippen LogP contribution in [0.2, 0.25) is 0 Å². The maximum atomic E-state index is 11.7. The van der Waals surface area contributed by atoms with E-state index >= 15 is 0 Å². The monoisotopic (exact) mass is 1070 g/mol. The highest BCUT2D eigenvalue weighted by Crippen LogP contribution is 2.52. The SMILES string of the molecule is C=C/C=C\c1c(C)c2ccccc2n1-c1ccc2c(c1)c1cc3c(cc1n2-c1cc(CC#N)c(-n2c4ccc(N(C5=CC6CC6C=C5)C(/C=C\C)=C/C=C)cc4c4cc5c(cc42)sc2ccccc25)cc1C#N)C(C)(C)c1ccccc1-3. The van der Waals surface area contributed by atoms with Crippen LogP contribution in [0.1, 0.15) is 60.7 Å². The van der Waals surface area contributed by atoms with Crippen molar-refractivity contribution < 1.29 is 0 Å². The number of nitriles is 2. The molecule has 2 atom stereocenters. The highest BCUT2D eigenvalue weighted by Gasteiger charge is 2.38. The van der Waals surface area contributed by atoms with E-state index in [-0.39, 0.29) is 11.8 Å². The molecule has 1 saturated carbocycles. The van der Waals surface area contributed by atoms with Crippen molar-refractivity contribution in [2.45, 2.75) is 46.0 Å². The highest BCUT2D eigenvalue weighted by atomic mass is 32.1. The van der Waals surface area contributed by atoms with E-state index in [0.29, 0.717) is 17.4 Å². The zero-order chi connectivity index (χ0) is 55.7. The van der Waals surface area contributed by atoms with Gasteiger partial charge in [0, 0.05) is 81.0 Å². The smallest absolute Gasteiger partial charge is 0.101 e. The van der Waals surface area contributed by atoms with E-state index in [1.54, 1.807) is 11.3 Å². The fourth-order valence-electron chi connectivity index (χ4n) is 13.9. The molecule has 15 rings (SSSR count). The van der Waals surface area contributed by atoms with Crippen LogP contribution in [-0.4, -0.2) is 13.7 Å². The average molecular weight is 1070 g/mol. The van der Waals surface area contributed by atoms with E-state index in [4.69, 9.17) is 0 Å². The van der Waals surface area contributed by atoms with Crippen molar-refractivity contribution in [1.29, 1.82) is 10.5 Å². The Morgan fingerprint density at radius 1 is 0.671 bits per heavy atom. The van der Waals surface area contributed by atoms with Crippen molar-refractivity contribution in [3.63, 3.8) is 0 Å². The molecule has 4 heterocycles. The fourth-order valence-corrected chi connectivity index (χ4v) is 15.0. The lowest BCUT2D eigenvalue weighted by Gasteiger charge is -2.28. The largest absolute Gasteiger partial charge is 0.311 e. The Morgan fingerprint density at radius 3 is 2.21 bits per heavy atom. The second-order valence-electron chi connectivity index (χ2n) is 22.7. The Bertz CT molecular complexity index is 5070. The molecular formula is C75H56N6S. The highest BCUT2D eigenvalue weighted by molar-refractivity contribution is 7.25. The third-order valence-electron chi connectivity index (χ3n) is 17.8. The van der Waals surface area contributed by atoms with Crippen molar-refractivity contribution in [2.75, 3.05) is 4.90 Å². The number of aryl methyl sites for hydroxylation is 1. The molecule has 6 nitrogen and oxygen atoms in total. The van der Waals surface area contributed by atoms with Gasteiger partial charge in [0.05, 0.1) is 57.0 Å². The van der Waals surface area contributed by atoms with E-state index in [1.807, 2.05) is 24.3 Å². The molecular weight excluding hydrogens is 1020 g/mol. The van der Waals surface area contributed by atoms with Crippen molar-refractivity contribution in [1.82, 2.24) is 13.7 Å². The lowest BCUT2D eigenvalue weighted by molar-refractivity contribution is 0.661. The second-order valence-corrected chi connectivity index (χ2v) is 23.8. The quantitative estimate of drug-likeness (QED) is 0.121. The molecule has 1 fully saturated rings. The molecule has 0 N–H and O–H groups in total. The lowest BCUT2D eigenvalue weighted by Crippen LogP contribution is -2.21. The third-order valence-corrected chi connectivity index (χ3v) is 18.9. The number of aromatic nitrogens is 3. The minimum atomic E-state index is -0.276. The standard InChI is InChI=1S/C75H56N6S/c1-7-10-23-65-45(4)54-19-12-15-24-66(54)79(65)53-29-31-68-59(39-53)60-40-57-55-20-11-14-22-63(55)75(5,6)64(57)42-71(60)81(68)70-36-47(32-33-76)69(37-49(70)44-77)80-67-30-28-52(78(50(17-8-2)18-9-3)51-27-26-46-34-48(46)35-51)38-58(67)61-41-62-56-21-13-16-25-73(56)82-74(62)43-72(61)80/h7-31,35-43,46,48H,1-2,32,34H2,3-6H3/b18-9-,23-10-,50-17+. The van der Waals surface area contributed by atoms with Gasteiger partial charge in [-0.15, -0.1) is 11.3 Å². The number of para-hydroxylation sites is 1. The van der Waals surface area contributed by atoms with E-state index in [1.165, 1.54) is 59.8 Å². The molecule has 392 valence electrons. The van der Waals surface area contributed by atoms with Gasteiger partial charge in [-0.05, 0) is 175 Å². The van der Waals surface area contributed by atoms with Gasteiger partial charge in [0.2, 0.25) is 0 Å². The Hall–Kier alpha value is -9.92. The third kappa shape index (κ3) is 7.23. The molecule has 0 saturated heterocycles. The molecule has 12 aromatic rings. The maximum absolute atomic E-state index is 11.7. The minimum Gasteiger partial charge on any atom is -0.311 e. The molecule has 3 aliphatic rings. The zero-order valence-corrected chi connectivity index (χ0v) is 47.0. The number of thiophene rings is 1. The summed E-state index contributed by atoms with van der Waals surface area (Å²) in [5, 5.41) is 30.6. The Morgan fingerprint density at radius 2 is 1.40 bits per heavy atom. The summed E-state index contributed by atoms with van der Waals surface area (Å²) in [6.07, 6.45) is 22.5. The van der Waals surface area contributed by atoms with Crippen molar-refractivity contribution in [3.8, 4) is 40.3 Å². The van der Waals surface area contributed by atoms with Gasteiger partial charge in [0.1, 0.15) is 6.07 Å². The summed E-state index contributed by atoms with van der Waals surface area (Å²) in [6, 6.07) is 58.5. The summed E-state index contributed by atoms with van der Waals surface area (Å²) in [6.45, 7) is 17.0. The fraction of sp³-hybridized carbons (Fsp3) is 0.120. The Kier molecular flexibility index (Phi) is 11.1. The maximum Gasteiger partial charge on any atom is 0.101 e. The number of rotatable bonds is 11. The van der Waals surface area contributed by atoms with Gasteiger partial charge in [-0.2, -0.15) is 10.5 Å². The van der Waals surface area contributed by atoms with Crippen LogP contribution in [0.25, 0.3) is 109 Å². The molecule has 8 aromatic carbocycles. The van der Waals surface area contributed by atoms with E-state index in [0.717, 1.165) is 94.5 Å². The predicted octanol–water partition coefficient (Wildman–Crippen LogP) is 19.5. The number of benzene rings is 8. The first kappa shape index (κ1) is 49.1. The van der Waals surface area contributed by atoms with E-state index < -0.39 is 0 Å². The summed E-state index contributed by atoms with van der Waals surface area (Å²) in [5.41, 5.74) is 19.2. The molecule has 0 amide bonds. The van der Waals surface area contributed by atoms with Gasteiger partial charge >= 0.3 is 0 Å². The molecule has 0 aliphatic heterocycles. The summed E-state index contributed by atoms with van der Waals surface area (Å²) < 4.78 is 9.36. The first-order valence-corrected chi connectivity index (χ1v) is 29.1. The van der Waals surface area contributed by atoms with Crippen molar-refractivity contribution in [2.24, 2.45) is 11.8 Å². The predicted molar refractivity (Wildman–Crippen MR) is 345 cm³/mol. The van der Waals surface area contributed by atoms with Crippen LogP contribution >= 0.6 is 11.3 Å². The lowest BCUT2D eigenvalue weighted by atomic mass is 9.82. The topological polar surface area (TPSA) is 65.6 Å². The van der Waals surface area contributed by atoms with Crippen molar-refractivity contribution >= 4 is 97.8 Å². The van der Waals surface area contributed by atoms with Crippen LogP contribution < -0.4 is 4.90 Å². The summed E-state index contributed by atoms with van der Waals surface area (Å²) in [7, 11) is 0. The number of hydrogen-bond acceptors (Lipinski definition) is 4. The molecule has 7 heteroatoms. The number of fused-ring (bicyclic) bond motifs is 14. The van der Waals surface area contributed by atoms with Crippen LogP contribution in [0.5, 0.6) is 0 Å². The van der Waals surface area contributed by atoms with Crippen molar-refractivity contribution in [3.05, 3.63) is 258 Å². The summed E-state index contributed by atoms with van der Waals surface area (Å²) >= 11 is 1.79. The van der Waals surface area contributed by atoms with Gasteiger partial charge in [0.15, 0.2) is 0 Å². The van der Waals surface area contributed by atoms with Gasteiger partial charge < -0.3 is 18.6 Å². The first-order chi connectivity index (χ1) is 40.1. The summed E-state index contributed by atoms with van der Waals surface area (Å²) in [5.74, 6) is 1.15. The van der Waals surface area contributed by atoms with Crippen LogP contribution in [-0.2, 0) is 11.8 Å². The number of nitrogens with zero attached hydrogens (tertiary/aromatic N) is 6. The zero-order valence-electron chi connectivity index (χ0n) is 46.2. The Balaban J connectivity index is 0.997. The van der Waals surface area contributed by atoms with Gasteiger partial charge in [-0.3, -0.25) is 0 Å². The molecule has 4 aromatic heterocycles. The average Bonchev–Trinajstić information content (AvgIpc) is 3.43. The molecule has 0 radical (unpaired) electrons. The molecule has 0 bridgehead atoms. The second kappa shape index (κ2) is 18.6. The van der Waals surface area contributed by atoms with Gasteiger partial charge in [-0.25, -0.2) is 0 Å². The number of hydrogen-bond donors (Lipinski definition) is 0. The molecule has 3 aliphatic carbocycles. The van der Waals surface area contributed by atoms with Crippen LogP contribution in [0.3, 0.4) is 0 Å². The molecule has 82 heavy (non-hydrogen) atoms. The van der Waals surface area contributed by atoms with Crippen LogP contribution in [0.15, 0.2) is 225 Å². The van der Waals surface area contributed by atoms with E-state index in [2.05, 4.69) is 254 Å². The van der Waals surface area contributed by atoms with Gasteiger partial charge in [-0.1, -0.05) is 124 Å². The van der Waals surface area contributed by atoms with Crippen LogP contribution in [0, 0.1) is 41.4 Å².